The van der Waals surface area contributed by atoms with Gasteiger partial charge in [0, 0.05) is 6.92 Å². The van der Waals surface area contributed by atoms with Crippen LogP contribution in [0.4, 0.5) is 0 Å². The van der Waals surface area contributed by atoms with Crippen LogP contribution in [0.15, 0.2) is 24.3 Å². The summed E-state index contributed by atoms with van der Waals surface area (Å²) in [6.45, 7) is 7.20. The van der Waals surface area contributed by atoms with Gasteiger partial charge in [0.2, 0.25) is 0 Å². The van der Waals surface area contributed by atoms with E-state index >= 15 is 0 Å². The maximum Gasteiger partial charge on any atom is 0.300 e. The molecule has 2 N–H and O–H groups in total. The number of aliphatic carboxylic acids is 1. The summed E-state index contributed by atoms with van der Waals surface area (Å²) in [6, 6.07) is 0. The molecule has 0 aromatic rings. The highest BCUT2D eigenvalue weighted by molar-refractivity contribution is 5.62. The Kier molecular flexibility index (Phi) is 14.9. The van der Waals surface area contributed by atoms with Crippen LogP contribution in [0.25, 0.3) is 0 Å². The van der Waals surface area contributed by atoms with Crippen LogP contribution in [-0.4, -0.2) is 22.3 Å². The highest BCUT2D eigenvalue weighted by atomic mass is 16.4. The van der Waals surface area contributed by atoms with Crippen LogP contribution in [0.5, 0.6) is 0 Å². The fourth-order valence-electron chi connectivity index (χ4n) is 1.15. The Morgan fingerprint density at radius 1 is 1.17 bits per heavy atom. The van der Waals surface area contributed by atoms with Gasteiger partial charge in [0.05, 0.1) is 6.10 Å². The third-order valence-electron chi connectivity index (χ3n) is 2.24. The van der Waals surface area contributed by atoms with Crippen LogP contribution in [0.1, 0.15) is 53.4 Å². The van der Waals surface area contributed by atoms with Crippen molar-refractivity contribution in [3.63, 3.8) is 0 Å². The van der Waals surface area contributed by atoms with Crippen LogP contribution in [-0.2, 0) is 4.79 Å². The van der Waals surface area contributed by atoms with E-state index in [4.69, 9.17) is 9.90 Å². The van der Waals surface area contributed by atoms with Gasteiger partial charge in [-0.3, -0.25) is 4.79 Å². The average Bonchev–Trinajstić information content (AvgIpc) is 2.26. The predicted octanol–water partition coefficient (Wildman–Crippen LogP) is 3.79. The lowest BCUT2D eigenvalue weighted by Gasteiger charge is -2.08. The summed E-state index contributed by atoms with van der Waals surface area (Å²) in [6.07, 6.45) is 12.8. The van der Waals surface area contributed by atoms with Crippen molar-refractivity contribution >= 4 is 5.97 Å². The van der Waals surface area contributed by atoms with Crippen LogP contribution < -0.4 is 0 Å². The fraction of sp³-hybridized carbons (Fsp3) is 0.667. The Bertz CT molecular complexity index is 238. The summed E-state index contributed by atoms with van der Waals surface area (Å²) in [4.78, 5) is 9.00. The minimum Gasteiger partial charge on any atom is -0.481 e. The van der Waals surface area contributed by atoms with Gasteiger partial charge in [-0.1, -0.05) is 38.2 Å². The number of rotatable bonds is 7. The molecule has 0 aromatic heterocycles. The van der Waals surface area contributed by atoms with Crippen LogP contribution in [0.2, 0.25) is 0 Å². The highest BCUT2D eigenvalue weighted by Crippen LogP contribution is 2.05. The quantitative estimate of drug-likeness (QED) is 0.538. The zero-order valence-electron chi connectivity index (χ0n) is 12.1. The van der Waals surface area contributed by atoms with Crippen molar-refractivity contribution in [3.05, 3.63) is 24.3 Å². The molecule has 0 fully saturated rings. The Morgan fingerprint density at radius 3 is 2.00 bits per heavy atom. The van der Waals surface area contributed by atoms with Crippen molar-refractivity contribution in [1.29, 1.82) is 0 Å². The molecule has 0 aliphatic heterocycles. The molecule has 3 heteroatoms. The number of allylic oxidation sites excluding steroid dienone is 3. The molecule has 0 bridgehead atoms. The lowest BCUT2D eigenvalue weighted by atomic mass is 10.1. The number of carboxylic acid groups (broad SMARTS) is 1. The molecular formula is C15H28O3. The predicted molar refractivity (Wildman–Crippen MR) is 76.6 cm³/mol. The van der Waals surface area contributed by atoms with Crippen molar-refractivity contribution < 1.29 is 15.0 Å². The molecule has 18 heavy (non-hydrogen) atoms. The Balaban J connectivity index is 0. The fourth-order valence-corrected chi connectivity index (χ4v) is 1.15. The molecule has 0 radical (unpaired) electrons. The van der Waals surface area contributed by atoms with Gasteiger partial charge >= 0.3 is 0 Å². The number of hydrogen-bond acceptors (Lipinski definition) is 2. The van der Waals surface area contributed by atoms with Crippen molar-refractivity contribution in [2.75, 3.05) is 0 Å². The first kappa shape index (κ1) is 19.3. The Hall–Kier alpha value is -1.09. The smallest absolute Gasteiger partial charge is 0.300 e. The maximum absolute atomic E-state index is 9.47. The van der Waals surface area contributed by atoms with Gasteiger partial charge in [0.1, 0.15) is 0 Å². The number of aliphatic hydroxyl groups is 1. The number of unbranched alkanes of at least 4 members (excludes halogenated alkanes) is 3. The molecule has 0 amide bonds. The standard InChI is InChI=1S/C13H24O.C2H4O2/c1-4-5-6-7-8-9-10-11-13(14)12(2)3;1-2(3)4/h4-5,10-14H,6-9H2,1-3H3;1H3,(H,3,4). The van der Waals surface area contributed by atoms with E-state index in [2.05, 4.69) is 25.2 Å². The van der Waals surface area contributed by atoms with E-state index in [0.717, 1.165) is 13.3 Å². The minimum atomic E-state index is -0.833. The van der Waals surface area contributed by atoms with E-state index in [1.54, 1.807) is 0 Å². The molecule has 106 valence electrons. The van der Waals surface area contributed by atoms with Gasteiger partial charge < -0.3 is 10.2 Å². The van der Waals surface area contributed by atoms with E-state index in [1.165, 1.54) is 19.3 Å². The zero-order valence-corrected chi connectivity index (χ0v) is 12.1. The monoisotopic (exact) mass is 256 g/mol. The zero-order chi connectivity index (χ0) is 14.4. The molecule has 0 rings (SSSR count). The van der Waals surface area contributed by atoms with Crippen molar-refractivity contribution in [2.45, 2.75) is 59.5 Å². The molecule has 1 unspecified atom stereocenters. The first-order valence-electron chi connectivity index (χ1n) is 6.57. The van der Waals surface area contributed by atoms with Gasteiger partial charge in [-0.05, 0) is 38.5 Å². The second-order valence-corrected chi connectivity index (χ2v) is 4.54. The Labute approximate surface area is 111 Å². The molecule has 0 heterocycles. The number of aliphatic hydroxyl groups excluding tert-OH is 1. The van der Waals surface area contributed by atoms with Gasteiger partial charge in [-0.25, -0.2) is 0 Å². The maximum atomic E-state index is 9.47. The molecule has 0 saturated carbocycles. The largest absolute Gasteiger partial charge is 0.481 e. The molecule has 3 nitrogen and oxygen atoms in total. The molecule has 0 spiro atoms. The van der Waals surface area contributed by atoms with Gasteiger partial charge in [0.15, 0.2) is 0 Å². The van der Waals surface area contributed by atoms with Crippen LogP contribution in [0, 0.1) is 5.92 Å². The lowest BCUT2D eigenvalue weighted by molar-refractivity contribution is -0.134. The van der Waals surface area contributed by atoms with E-state index < -0.39 is 5.97 Å². The second kappa shape index (κ2) is 14.0. The highest BCUT2D eigenvalue weighted by Gasteiger charge is 2.02. The van der Waals surface area contributed by atoms with E-state index in [0.29, 0.717) is 5.92 Å². The third-order valence-corrected chi connectivity index (χ3v) is 2.24. The molecule has 0 aromatic carbocycles. The van der Waals surface area contributed by atoms with Gasteiger partial charge in [-0.15, -0.1) is 0 Å². The van der Waals surface area contributed by atoms with Crippen molar-refractivity contribution in [2.24, 2.45) is 5.92 Å². The summed E-state index contributed by atoms with van der Waals surface area (Å²) >= 11 is 0. The molecule has 0 aliphatic rings. The number of carboxylic acids is 1. The first-order chi connectivity index (χ1) is 8.41. The summed E-state index contributed by atoms with van der Waals surface area (Å²) in [5.74, 6) is -0.505. The molecule has 0 aliphatic carbocycles. The minimum absolute atomic E-state index is 0.273. The van der Waals surface area contributed by atoms with E-state index in [-0.39, 0.29) is 6.10 Å². The average molecular weight is 256 g/mol. The summed E-state index contributed by atoms with van der Waals surface area (Å²) in [5, 5.41) is 16.9. The van der Waals surface area contributed by atoms with E-state index in [1.807, 2.05) is 19.9 Å². The van der Waals surface area contributed by atoms with Crippen molar-refractivity contribution in [3.8, 4) is 0 Å². The molecular weight excluding hydrogens is 228 g/mol. The van der Waals surface area contributed by atoms with Gasteiger partial charge in [0.25, 0.3) is 5.97 Å². The first-order valence-corrected chi connectivity index (χ1v) is 6.57. The topological polar surface area (TPSA) is 57.5 Å². The normalized spacial score (nSPS) is 12.8. The number of hydrogen-bond donors (Lipinski definition) is 2. The van der Waals surface area contributed by atoms with Crippen LogP contribution in [0.3, 0.4) is 0 Å². The summed E-state index contributed by atoms with van der Waals surface area (Å²) in [7, 11) is 0. The third kappa shape index (κ3) is 20.3. The van der Waals surface area contributed by atoms with Gasteiger partial charge in [-0.2, -0.15) is 0 Å². The lowest BCUT2D eigenvalue weighted by Crippen LogP contribution is -2.10. The van der Waals surface area contributed by atoms with Crippen molar-refractivity contribution in [1.82, 2.24) is 0 Å². The molecule has 0 saturated heterocycles. The molecule has 1 atom stereocenters. The number of carbonyl (C=O) groups is 1. The summed E-state index contributed by atoms with van der Waals surface area (Å²) in [5.41, 5.74) is 0. The Morgan fingerprint density at radius 2 is 1.61 bits per heavy atom. The SMILES string of the molecule is CC(=O)O.CC=CCCCCC=CC(O)C(C)C. The summed E-state index contributed by atoms with van der Waals surface area (Å²) < 4.78 is 0. The van der Waals surface area contributed by atoms with E-state index in [9.17, 15) is 5.11 Å². The second-order valence-electron chi connectivity index (χ2n) is 4.54. The van der Waals surface area contributed by atoms with Crippen LogP contribution >= 0.6 is 0 Å².